The molecule has 26 heavy (non-hydrogen) atoms. The Morgan fingerprint density at radius 3 is 2.77 bits per heavy atom. The second-order valence-corrected chi connectivity index (χ2v) is 6.93. The molecule has 3 unspecified atom stereocenters. The monoisotopic (exact) mass is 475 g/mol. The number of nitrogens with zero attached hydrogens (tertiary/aromatic N) is 2. The van der Waals surface area contributed by atoms with Crippen molar-refractivity contribution in [2.75, 3.05) is 32.8 Å². The second kappa shape index (κ2) is 12.5. The zero-order valence-electron chi connectivity index (χ0n) is 16.2. The summed E-state index contributed by atoms with van der Waals surface area (Å²) < 4.78 is 5.79. The third-order valence-corrected chi connectivity index (χ3v) is 4.55. The van der Waals surface area contributed by atoms with E-state index in [1.165, 1.54) is 12.8 Å². The Hall–Kier alpha value is -0.860. The minimum Gasteiger partial charge on any atom is -0.389 e. The molecular weight excluding hydrogens is 441 g/mol. The molecule has 1 aliphatic rings. The summed E-state index contributed by atoms with van der Waals surface area (Å²) in [5.41, 5.74) is 1.12. The van der Waals surface area contributed by atoms with Gasteiger partial charge in [-0.3, -0.25) is 4.99 Å². The van der Waals surface area contributed by atoms with E-state index in [1.54, 1.807) is 0 Å². The van der Waals surface area contributed by atoms with Gasteiger partial charge in [-0.05, 0) is 38.2 Å². The maximum Gasteiger partial charge on any atom is 0.194 e. The Balaban J connectivity index is 0.00000338. The van der Waals surface area contributed by atoms with Crippen molar-refractivity contribution >= 4 is 29.9 Å². The molecule has 0 saturated carbocycles. The van der Waals surface area contributed by atoms with Gasteiger partial charge in [-0.25, -0.2) is 0 Å². The van der Waals surface area contributed by atoms with Crippen molar-refractivity contribution in [3.05, 3.63) is 35.9 Å². The Labute approximate surface area is 175 Å². The first-order chi connectivity index (χ1) is 12.1. The number of nitrogens with one attached hydrogen (secondary N) is 1. The summed E-state index contributed by atoms with van der Waals surface area (Å²) >= 11 is 0. The molecule has 0 spiro atoms. The normalized spacial score (nSPS) is 20.2. The summed E-state index contributed by atoms with van der Waals surface area (Å²) in [6.07, 6.45) is 1.85. The molecule has 0 radical (unpaired) electrons. The van der Waals surface area contributed by atoms with Gasteiger partial charge in [-0.1, -0.05) is 37.3 Å². The van der Waals surface area contributed by atoms with Crippen LogP contribution in [0.4, 0.5) is 0 Å². The maximum atomic E-state index is 10.2. The molecule has 148 valence electrons. The fourth-order valence-corrected chi connectivity index (χ4v) is 3.13. The highest BCUT2D eigenvalue weighted by atomic mass is 127. The fourth-order valence-electron chi connectivity index (χ4n) is 3.13. The Morgan fingerprint density at radius 1 is 1.38 bits per heavy atom. The zero-order chi connectivity index (χ0) is 18.1. The summed E-state index contributed by atoms with van der Waals surface area (Å²) in [6, 6.07) is 10.1. The van der Waals surface area contributed by atoms with Crippen LogP contribution in [0.5, 0.6) is 0 Å². The SMILES string of the molecule is CCNC(=NCC(O)COC(C)c1ccccc1)N1CCCC(C)C1.I. The lowest BCUT2D eigenvalue weighted by atomic mass is 10.0. The maximum absolute atomic E-state index is 10.2. The average molecular weight is 475 g/mol. The van der Waals surface area contributed by atoms with Crippen molar-refractivity contribution in [2.24, 2.45) is 10.9 Å². The molecule has 2 rings (SSSR count). The van der Waals surface area contributed by atoms with Gasteiger partial charge in [0.05, 0.1) is 25.4 Å². The van der Waals surface area contributed by atoms with Crippen LogP contribution in [-0.4, -0.2) is 54.9 Å². The van der Waals surface area contributed by atoms with Gasteiger partial charge in [-0.2, -0.15) is 0 Å². The average Bonchev–Trinajstić information content (AvgIpc) is 2.63. The number of aliphatic imine (C=N–C) groups is 1. The number of aliphatic hydroxyl groups excluding tert-OH is 1. The molecule has 1 aromatic carbocycles. The van der Waals surface area contributed by atoms with E-state index in [9.17, 15) is 5.11 Å². The van der Waals surface area contributed by atoms with Crippen molar-refractivity contribution in [1.82, 2.24) is 10.2 Å². The van der Waals surface area contributed by atoms with E-state index in [0.717, 1.165) is 31.2 Å². The molecule has 5 nitrogen and oxygen atoms in total. The quantitative estimate of drug-likeness (QED) is 0.361. The van der Waals surface area contributed by atoms with Crippen LogP contribution >= 0.6 is 24.0 Å². The number of aliphatic hydroxyl groups is 1. The Kier molecular flexibility index (Phi) is 11.2. The van der Waals surface area contributed by atoms with E-state index in [4.69, 9.17) is 4.74 Å². The third kappa shape index (κ3) is 7.80. The molecule has 0 bridgehead atoms. The fraction of sp³-hybridized carbons (Fsp3) is 0.650. The predicted molar refractivity (Wildman–Crippen MR) is 118 cm³/mol. The van der Waals surface area contributed by atoms with Crippen molar-refractivity contribution in [3.63, 3.8) is 0 Å². The molecule has 6 heteroatoms. The van der Waals surface area contributed by atoms with Gasteiger partial charge in [0.1, 0.15) is 0 Å². The number of likely N-dealkylation sites (tertiary alicyclic amines) is 1. The van der Waals surface area contributed by atoms with E-state index < -0.39 is 6.10 Å². The van der Waals surface area contributed by atoms with Crippen LogP contribution in [0.2, 0.25) is 0 Å². The number of guanidine groups is 1. The molecule has 1 fully saturated rings. The summed E-state index contributed by atoms with van der Waals surface area (Å²) in [7, 11) is 0. The second-order valence-electron chi connectivity index (χ2n) is 6.93. The number of piperidine rings is 1. The van der Waals surface area contributed by atoms with Gasteiger partial charge < -0.3 is 20.1 Å². The Morgan fingerprint density at radius 2 is 2.12 bits per heavy atom. The van der Waals surface area contributed by atoms with Crippen LogP contribution < -0.4 is 5.32 Å². The van der Waals surface area contributed by atoms with E-state index in [1.807, 2.05) is 37.3 Å². The molecule has 3 atom stereocenters. The third-order valence-electron chi connectivity index (χ3n) is 4.55. The minimum absolute atomic E-state index is 0. The first kappa shape index (κ1) is 23.2. The van der Waals surface area contributed by atoms with Crippen molar-refractivity contribution in [1.29, 1.82) is 0 Å². The topological polar surface area (TPSA) is 57.1 Å². The summed E-state index contributed by atoms with van der Waals surface area (Å²) in [6.45, 7) is 9.90. The van der Waals surface area contributed by atoms with Crippen molar-refractivity contribution in [2.45, 2.75) is 45.8 Å². The number of ether oxygens (including phenoxy) is 1. The lowest BCUT2D eigenvalue weighted by molar-refractivity contribution is 0.00103. The van der Waals surface area contributed by atoms with Gasteiger partial charge >= 0.3 is 0 Å². The molecule has 1 heterocycles. The largest absolute Gasteiger partial charge is 0.389 e. The van der Waals surface area contributed by atoms with Crippen LogP contribution in [0.15, 0.2) is 35.3 Å². The van der Waals surface area contributed by atoms with Gasteiger partial charge in [0, 0.05) is 19.6 Å². The minimum atomic E-state index is -0.595. The molecule has 0 amide bonds. The number of benzene rings is 1. The predicted octanol–water partition coefficient (Wildman–Crippen LogP) is 3.44. The van der Waals surface area contributed by atoms with Gasteiger partial charge in [0.15, 0.2) is 5.96 Å². The Bertz CT molecular complexity index is 527. The molecular formula is C20H34IN3O2. The number of halogens is 1. The van der Waals surface area contributed by atoms with Gasteiger partial charge in [0.2, 0.25) is 0 Å². The molecule has 0 aliphatic carbocycles. The van der Waals surface area contributed by atoms with Crippen LogP contribution in [0.1, 0.15) is 45.3 Å². The van der Waals surface area contributed by atoms with E-state index in [-0.39, 0.29) is 36.7 Å². The van der Waals surface area contributed by atoms with Crippen LogP contribution in [-0.2, 0) is 4.74 Å². The summed E-state index contributed by atoms with van der Waals surface area (Å²) in [4.78, 5) is 6.93. The number of hydrogen-bond acceptors (Lipinski definition) is 3. The van der Waals surface area contributed by atoms with E-state index in [2.05, 4.69) is 29.1 Å². The van der Waals surface area contributed by atoms with Gasteiger partial charge in [-0.15, -0.1) is 24.0 Å². The number of hydrogen-bond donors (Lipinski definition) is 2. The van der Waals surface area contributed by atoms with Crippen LogP contribution in [0, 0.1) is 5.92 Å². The first-order valence-electron chi connectivity index (χ1n) is 9.48. The van der Waals surface area contributed by atoms with Crippen LogP contribution in [0.3, 0.4) is 0 Å². The smallest absolute Gasteiger partial charge is 0.194 e. The zero-order valence-corrected chi connectivity index (χ0v) is 18.6. The molecule has 1 aliphatic heterocycles. The van der Waals surface area contributed by atoms with Crippen molar-refractivity contribution in [3.8, 4) is 0 Å². The highest BCUT2D eigenvalue weighted by Crippen LogP contribution is 2.17. The van der Waals surface area contributed by atoms with Crippen molar-refractivity contribution < 1.29 is 9.84 Å². The van der Waals surface area contributed by atoms with Gasteiger partial charge in [0.25, 0.3) is 0 Å². The van der Waals surface area contributed by atoms with E-state index in [0.29, 0.717) is 12.5 Å². The lowest BCUT2D eigenvalue weighted by Crippen LogP contribution is -2.46. The molecule has 1 saturated heterocycles. The highest BCUT2D eigenvalue weighted by Gasteiger charge is 2.19. The first-order valence-corrected chi connectivity index (χ1v) is 9.48. The summed E-state index contributed by atoms with van der Waals surface area (Å²) in [5, 5.41) is 13.6. The van der Waals surface area contributed by atoms with E-state index >= 15 is 0 Å². The van der Waals surface area contributed by atoms with Crippen LogP contribution in [0.25, 0.3) is 0 Å². The lowest BCUT2D eigenvalue weighted by Gasteiger charge is -2.33. The molecule has 2 N–H and O–H groups in total. The summed E-state index contributed by atoms with van der Waals surface area (Å²) in [5.74, 6) is 1.60. The molecule has 1 aromatic rings. The standard InChI is InChI=1S/C20H33N3O2.HI/c1-4-21-20(23-12-8-9-16(2)14-23)22-13-19(24)15-25-17(3)18-10-6-5-7-11-18;/h5-7,10-11,16-17,19,24H,4,8-9,12-15H2,1-3H3,(H,21,22);1H. The molecule has 0 aromatic heterocycles. The highest BCUT2D eigenvalue weighted by molar-refractivity contribution is 14.0. The number of rotatable bonds is 7.